The maximum absolute atomic E-state index is 13.1. The van der Waals surface area contributed by atoms with Crippen LogP contribution in [0.5, 0.6) is 0 Å². The van der Waals surface area contributed by atoms with Crippen LogP contribution in [-0.4, -0.2) is 58.3 Å². The lowest BCUT2D eigenvalue weighted by Gasteiger charge is -2.35. The van der Waals surface area contributed by atoms with E-state index in [1.165, 1.54) is 17.0 Å². The summed E-state index contributed by atoms with van der Waals surface area (Å²) in [4.78, 5) is 1.26. The van der Waals surface area contributed by atoms with Crippen molar-refractivity contribution in [3.63, 3.8) is 0 Å². The first-order valence-electron chi connectivity index (χ1n) is 6.35. The van der Waals surface area contributed by atoms with Gasteiger partial charge in [-0.25, -0.2) is 13.1 Å². The molecule has 2 rings (SSSR count). The number of thiophene rings is 1. The molecule has 1 aromatic rings. The largest absolute Gasteiger partial charge is 0.405 e. The standard InChI is InChI=1S/C11H16F3N3O2S2/c12-11(13,14)9(17-5-3-15-4-6-17)8-16-21(18,19)10-2-1-7-20-10/h1-2,7,9,15-16H,3-6,8H2. The highest BCUT2D eigenvalue weighted by molar-refractivity contribution is 7.91. The minimum atomic E-state index is -4.48. The number of hydrogen-bond donors (Lipinski definition) is 2. The van der Waals surface area contributed by atoms with Crippen LogP contribution in [0.1, 0.15) is 0 Å². The highest BCUT2D eigenvalue weighted by Crippen LogP contribution is 2.25. The van der Waals surface area contributed by atoms with Crippen molar-refractivity contribution in [3.8, 4) is 0 Å². The molecule has 1 unspecified atom stereocenters. The van der Waals surface area contributed by atoms with Gasteiger partial charge in [0.05, 0.1) is 0 Å². The molecule has 0 aromatic carbocycles. The van der Waals surface area contributed by atoms with Crippen molar-refractivity contribution < 1.29 is 21.6 Å². The average molecular weight is 343 g/mol. The Bertz CT molecular complexity index is 540. The Balaban J connectivity index is 2.06. The minimum absolute atomic E-state index is 0.0173. The van der Waals surface area contributed by atoms with E-state index in [1.807, 2.05) is 0 Å². The number of halogens is 3. The van der Waals surface area contributed by atoms with Crippen LogP contribution in [-0.2, 0) is 10.0 Å². The van der Waals surface area contributed by atoms with E-state index in [1.54, 1.807) is 5.38 Å². The first kappa shape index (κ1) is 16.7. The molecular formula is C11H16F3N3O2S2. The van der Waals surface area contributed by atoms with Gasteiger partial charge in [0.2, 0.25) is 10.0 Å². The van der Waals surface area contributed by atoms with Crippen molar-refractivity contribution in [1.82, 2.24) is 14.9 Å². The van der Waals surface area contributed by atoms with Crippen molar-refractivity contribution in [2.75, 3.05) is 32.7 Å². The first-order chi connectivity index (χ1) is 9.81. The lowest BCUT2D eigenvalue weighted by atomic mass is 10.2. The Morgan fingerprint density at radius 2 is 2.05 bits per heavy atom. The summed E-state index contributed by atoms with van der Waals surface area (Å²) in [5.41, 5.74) is 0. The van der Waals surface area contributed by atoms with Gasteiger partial charge in [0.1, 0.15) is 10.3 Å². The lowest BCUT2D eigenvalue weighted by Crippen LogP contribution is -2.57. The lowest BCUT2D eigenvalue weighted by molar-refractivity contribution is -0.182. The number of nitrogens with zero attached hydrogens (tertiary/aromatic N) is 1. The maximum Gasteiger partial charge on any atom is 0.405 e. The number of rotatable bonds is 5. The van der Waals surface area contributed by atoms with Gasteiger partial charge >= 0.3 is 6.18 Å². The molecule has 1 aliphatic rings. The Morgan fingerprint density at radius 1 is 1.38 bits per heavy atom. The molecule has 1 atom stereocenters. The average Bonchev–Trinajstić information content (AvgIpc) is 2.93. The van der Waals surface area contributed by atoms with Crippen LogP contribution in [0.2, 0.25) is 0 Å². The van der Waals surface area contributed by atoms with Gasteiger partial charge in [-0.15, -0.1) is 11.3 Å². The van der Waals surface area contributed by atoms with Crippen molar-refractivity contribution in [2.45, 2.75) is 16.4 Å². The minimum Gasteiger partial charge on any atom is -0.314 e. The zero-order valence-electron chi connectivity index (χ0n) is 11.1. The zero-order chi connectivity index (χ0) is 15.5. The molecule has 10 heteroatoms. The predicted molar refractivity (Wildman–Crippen MR) is 73.8 cm³/mol. The maximum atomic E-state index is 13.1. The molecule has 0 saturated carbocycles. The number of alkyl halides is 3. The van der Waals surface area contributed by atoms with Crippen LogP contribution < -0.4 is 10.0 Å². The molecule has 120 valence electrons. The van der Waals surface area contributed by atoms with Crippen LogP contribution in [0.3, 0.4) is 0 Å². The molecule has 1 aromatic heterocycles. The summed E-state index contributed by atoms with van der Waals surface area (Å²) >= 11 is 0.969. The summed E-state index contributed by atoms with van der Waals surface area (Å²) in [5.74, 6) is 0. The second-order valence-corrected chi connectivity index (χ2v) is 7.57. The molecule has 1 aliphatic heterocycles. The number of nitrogens with one attached hydrogen (secondary N) is 2. The molecule has 0 spiro atoms. The molecule has 5 nitrogen and oxygen atoms in total. The van der Waals surface area contributed by atoms with E-state index in [4.69, 9.17) is 0 Å². The van der Waals surface area contributed by atoms with Gasteiger partial charge in [0.25, 0.3) is 0 Å². The molecule has 2 heterocycles. The summed E-state index contributed by atoms with van der Waals surface area (Å²) in [6.07, 6.45) is -4.48. The molecule has 1 saturated heterocycles. The van der Waals surface area contributed by atoms with Crippen LogP contribution in [0.25, 0.3) is 0 Å². The van der Waals surface area contributed by atoms with Gasteiger partial charge in [-0.1, -0.05) is 6.07 Å². The normalized spacial score (nSPS) is 19.6. The highest BCUT2D eigenvalue weighted by atomic mass is 32.2. The molecule has 0 radical (unpaired) electrons. The smallest absolute Gasteiger partial charge is 0.314 e. The summed E-state index contributed by atoms with van der Waals surface area (Å²) in [6.45, 7) is 0.730. The van der Waals surface area contributed by atoms with E-state index < -0.39 is 28.8 Å². The molecule has 2 N–H and O–H groups in total. The quantitative estimate of drug-likeness (QED) is 0.833. The van der Waals surface area contributed by atoms with E-state index in [-0.39, 0.29) is 17.3 Å². The summed E-state index contributed by atoms with van der Waals surface area (Å²) in [7, 11) is -3.88. The number of piperazine rings is 1. The SMILES string of the molecule is O=S(=O)(NCC(N1CCNCC1)C(F)(F)F)c1cccs1. The van der Waals surface area contributed by atoms with Crippen molar-refractivity contribution >= 4 is 21.4 Å². The second kappa shape index (κ2) is 6.61. The monoisotopic (exact) mass is 343 g/mol. The highest BCUT2D eigenvalue weighted by Gasteiger charge is 2.44. The van der Waals surface area contributed by atoms with E-state index in [0.29, 0.717) is 13.1 Å². The van der Waals surface area contributed by atoms with Gasteiger partial charge in [0.15, 0.2) is 0 Å². The number of sulfonamides is 1. The summed E-state index contributed by atoms with van der Waals surface area (Å²) in [6, 6.07) is 1.09. The third-order valence-corrected chi connectivity index (χ3v) is 6.02. The third kappa shape index (κ3) is 4.39. The topological polar surface area (TPSA) is 61.4 Å². The Labute approximate surface area is 125 Å². The van der Waals surface area contributed by atoms with Gasteiger partial charge in [-0.05, 0) is 11.4 Å². The summed E-state index contributed by atoms with van der Waals surface area (Å²) < 4.78 is 65.3. The fourth-order valence-electron chi connectivity index (χ4n) is 2.12. The van der Waals surface area contributed by atoms with Gasteiger partial charge in [-0.3, -0.25) is 4.90 Å². The second-order valence-electron chi connectivity index (χ2n) is 4.63. The Morgan fingerprint density at radius 3 is 2.57 bits per heavy atom. The van der Waals surface area contributed by atoms with E-state index in [0.717, 1.165) is 11.3 Å². The molecule has 0 amide bonds. The molecular weight excluding hydrogens is 327 g/mol. The van der Waals surface area contributed by atoms with Crippen molar-refractivity contribution in [1.29, 1.82) is 0 Å². The van der Waals surface area contributed by atoms with E-state index in [2.05, 4.69) is 10.0 Å². The van der Waals surface area contributed by atoms with Crippen LogP contribution in [0, 0.1) is 0 Å². The fourth-order valence-corrected chi connectivity index (χ4v) is 4.20. The van der Waals surface area contributed by atoms with Crippen LogP contribution in [0.4, 0.5) is 13.2 Å². The van der Waals surface area contributed by atoms with Gasteiger partial charge in [0, 0.05) is 32.7 Å². The van der Waals surface area contributed by atoms with E-state index >= 15 is 0 Å². The van der Waals surface area contributed by atoms with Gasteiger partial charge < -0.3 is 5.32 Å². The van der Waals surface area contributed by atoms with Crippen LogP contribution in [0.15, 0.2) is 21.7 Å². The first-order valence-corrected chi connectivity index (χ1v) is 8.71. The number of hydrogen-bond acceptors (Lipinski definition) is 5. The van der Waals surface area contributed by atoms with E-state index in [9.17, 15) is 21.6 Å². The zero-order valence-corrected chi connectivity index (χ0v) is 12.7. The molecule has 0 aliphatic carbocycles. The Kier molecular flexibility index (Phi) is 5.25. The Hall–Kier alpha value is -0.680. The fraction of sp³-hybridized carbons (Fsp3) is 0.636. The third-order valence-electron chi connectivity index (χ3n) is 3.20. The molecule has 1 fully saturated rings. The summed E-state index contributed by atoms with van der Waals surface area (Å²) in [5, 5.41) is 4.53. The predicted octanol–water partition coefficient (Wildman–Crippen LogP) is 0.862. The van der Waals surface area contributed by atoms with Crippen LogP contribution >= 0.6 is 11.3 Å². The van der Waals surface area contributed by atoms with Gasteiger partial charge in [-0.2, -0.15) is 13.2 Å². The molecule has 21 heavy (non-hydrogen) atoms. The molecule has 0 bridgehead atoms. The van der Waals surface area contributed by atoms with Crippen molar-refractivity contribution in [2.24, 2.45) is 0 Å². The van der Waals surface area contributed by atoms with Crippen molar-refractivity contribution in [3.05, 3.63) is 17.5 Å².